The molecule has 11 heteroatoms. The van der Waals surface area contributed by atoms with E-state index in [1.54, 1.807) is 0 Å². The molecule has 11 nitrogen and oxygen atoms in total. The topological polar surface area (TPSA) is 143 Å². The smallest absolute Gasteiger partial charge is 0.180 e. The van der Waals surface area contributed by atoms with E-state index in [2.05, 4.69) is 329 Å². The molecule has 0 atom stereocenters. The van der Waals surface area contributed by atoms with Gasteiger partial charge in [0, 0.05) is 98.0 Å². The van der Waals surface area contributed by atoms with Crippen molar-refractivity contribution in [2.24, 2.45) is 0 Å². The van der Waals surface area contributed by atoms with E-state index in [1.807, 2.05) is 91.0 Å². The van der Waals surface area contributed by atoms with E-state index in [-0.39, 0.29) is 5.41 Å². The highest BCUT2D eigenvalue weighted by atomic mass is 16.3. The fraction of sp³-hybridized carbons (Fsp3) is 0.0250. The van der Waals surface area contributed by atoms with Crippen LogP contribution in [-0.2, 0) is 5.41 Å². The molecule has 1 aliphatic rings. The zero-order valence-corrected chi connectivity index (χ0v) is 70.9. The summed E-state index contributed by atoms with van der Waals surface area (Å²) < 4.78 is 25.7. The second-order valence-electron chi connectivity index (χ2n) is 34.4. The van der Waals surface area contributed by atoms with Crippen molar-refractivity contribution >= 4 is 163 Å². The molecule has 27 aromatic rings. The van der Waals surface area contributed by atoms with Gasteiger partial charge >= 0.3 is 0 Å². The molecule has 1 aliphatic carbocycles. The summed E-state index contributed by atoms with van der Waals surface area (Å²) in [6.07, 6.45) is 0. The van der Waals surface area contributed by atoms with Gasteiger partial charge in [-0.2, -0.15) is 0 Å². The van der Waals surface area contributed by atoms with Gasteiger partial charge < -0.3 is 17.7 Å². The Bertz CT molecular complexity index is 9420. The molecule has 0 saturated carbocycles. The maximum Gasteiger partial charge on any atom is 0.180 e. The van der Waals surface area contributed by atoms with Gasteiger partial charge in [-0.1, -0.05) is 329 Å². The summed E-state index contributed by atoms with van der Waals surface area (Å²) in [5.41, 5.74) is 24.1. The zero-order valence-electron chi connectivity index (χ0n) is 70.9. The molecular weight excluding hydrogens is 1600 g/mol. The predicted molar refractivity (Wildman–Crippen MR) is 537 cm³/mol. The van der Waals surface area contributed by atoms with Crippen LogP contribution in [0.15, 0.2) is 424 Å². The van der Waals surface area contributed by atoms with Crippen LogP contribution in [0.2, 0.25) is 0 Å². The van der Waals surface area contributed by atoms with Gasteiger partial charge in [-0.15, -0.1) is 0 Å². The number of hydrogen-bond acceptors (Lipinski definition) is 11. The maximum absolute atomic E-state index is 6.65. The van der Waals surface area contributed by atoms with Gasteiger partial charge in [0.25, 0.3) is 0 Å². The Morgan fingerprint density at radius 2 is 0.595 bits per heavy atom. The van der Waals surface area contributed by atoms with Gasteiger partial charge in [0.05, 0.1) is 16.8 Å². The fourth-order valence-corrected chi connectivity index (χ4v) is 20.2. The van der Waals surface area contributed by atoms with Crippen molar-refractivity contribution in [1.82, 2.24) is 34.9 Å². The minimum atomic E-state index is -0.125. The molecule has 131 heavy (non-hydrogen) atoms. The standard InChI is InChI=1S/C44H29N3O.C40H24N2O.C36H20N2O2/c1-44(2)35-15-9-8-14-32(35)33-21-18-30(25-36(33)44)43-46-41(28-11-4-3-5-12-28)45-42(47-43)29-20-22-37-34(24-29)40-38(48-37)23-19-27-17-16-26-10-6-7-13-31(26)39(27)40;1-2-10-25(11-3-1)28-13-8-14-29(24-28)38-31-16-6-7-19-34(31)41-40(42-38)33-18-9-17-32-37-35(43-39(32)33)23-22-27-21-20-26-12-4-5-15-30(26)36(27)37;1-2-9-23(10-3-1)33-35-34(26-12-6-7-13-28(26)40-35)38-36(37-33)24-17-18-29-27(20-24)32-30(39-29)19-16-22-15-14-21-8-4-5-11-25(21)31(22)32/h3-25H,1-2H3;1-24H;1-20H. The first-order chi connectivity index (χ1) is 64.7. The molecule has 28 rings (SSSR count). The lowest BCUT2D eigenvalue weighted by molar-refractivity contribution is 0.660. The van der Waals surface area contributed by atoms with Crippen molar-refractivity contribution in [2.75, 3.05) is 0 Å². The van der Waals surface area contributed by atoms with E-state index in [1.165, 1.54) is 92.5 Å². The molecule has 7 heterocycles. The van der Waals surface area contributed by atoms with E-state index in [0.717, 1.165) is 149 Å². The predicted octanol–water partition coefficient (Wildman–Crippen LogP) is 32.1. The lowest BCUT2D eigenvalue weighted by atomic mass is 9.82. The van der Waals surface area contributed by atoms with Crippen LogP contribution in [0.5, 0.6) is 0 Å². The molecule has 0 aliphatic heterocycles. The highest BCUT2D eigenvalue weighted by Crippen LogP contribution is 2.51. The number of hydrogen-bond donors (Lipinski definition) is 0. The van der Waals surface area contributed by atoms with Crippen molar-refractivity contribution in [3.63, 3.8) is 0 Å². The minimum Gasteiger partial charge on any atom is -0.456 e. The highest BCUT2D eigenvalue weighted by molar-refractivity contribution is 6.30. The molecule has 0 unspecified atom stereocenters. The number of para-hydroxylation sites is 3. The van der Waals surface area contributed by atoms with Gasteiger partial charge in [-0.25, -0.2) is 34.9 Å². The molecule has 0 spiro atoms. The summed E-state index contributed by atoms with van der Waals surface area (Å²) in [4.78, 5) is 35.7. The van der Waals surface area contributed by atoms with Crippen LogP contribution < -0.4 is 0 Å². The monoisotopic (exact) mass is 1680 g/mol. The molecule has 0 radical (unpaired) electrons. The molecular formula is C120H73N7O4. The molecule has 0 saturated heterocycles. The number of rotatable bonds is 8. The SMILES string of the molecule is CC1(C)c2ccccc2-c2ccc(-c3nc(-c4ccccc4)nc(-c4ccc5oc6ccc7ccc8ccccc8c7c6c5c4)n3)cc21.c1ccc(-c2cccc(-c3nc(-c4cccc5c4oc4ccc6ccc7ccccc7c6c45)nc4ccccc34)c2)cc1.c1ccc(-c2nc(-c3ccc4oc5ccc6ccc7ccccc7c6c5c4c3)nc3c2oc2ccccc23)cc1. The second kappa shape index (κ2) is 29.9. The van der Waals surface area contributed by atoms with E-state index in [0.29, 0.717) is 34.7 Å². The van der Waals surface area contributed by atoms with Gasteiger partial charge in [0.15, 0.2) is 34.7 Å². The maximum atomic E-state index is 6.65. The van der Waals surface area contributed by atoms with Crippen LogP contribution in [0.4, 0.5) is 0 Å². The normalized spacial score (nSPS) is 12.4. The summed E-state index contributed by atoms with van der Waals surface area (Å²) in [5, 5.41) is 23.0. The Balaban J connectivity index is 0.000000104. The zero-order chi connectivity index (χ0) is 86.5. The van der Waals surface area contributed by atoms with Crippen LogP contribution >= 0.6 is 0 Å². The number of fused-ring (bicyclic) bond motifs is 28. The quantitative estimate of drug-likeness (QED) is 0.134. The van der Waals surface area contributed by atoms with Crippen molar-refractivity contribution in [1.29, 1.82) is 0 Å². The molecule has 7 aromatic heterocycles. The highest BCUT2D eigenvalue weighted by Gasteiger charge is 2.36. The summed E-state index contributed by atoms with van der Waals surface area (Å²) in [7, 11) is 0. The lowest BCUT2D eigenvalue weighted by Gasteiger charge is -2.21. The Labute approximate surface area is 749 Å². The van der Waals surface area contributed by atoms with Crippen molar-refractivity contribution in [3.05, 3.63) is 418 Å². The summed E-state index contributed by atoms with van der Waals surface area (Å²) in [6.45, 7) is 4.60. The minimum absolute atomic E-state index is 0.125. The number of furan rings is 4. The molecule has 0 N–H and O–H groups in total. The first-order valence-electron chi connectivity index (χ1n) is 44.2. The number of benzene rings is 20. The van der Waals surface area contributed by atoms with Crippen molar-refractivity contribution in [3.8, 4) is 102 Å². The van der Waals surface area contributed by atoms with Gasteiger partial charge in [-0.05, 0) is 173 Å². The van der Waals surface area contributed by atoms with Crippen LogP contribution in [-0.4, -0.2) is 34.9 Å². The average Bonchev–Trinajstić information content (AvgIpc) is 1.60. The molecule has 0 amide bonds. The molecule has 0 bridgehead atoms. The fourth-order valence-electron chi connectivity index (χ4n) is 20.2. The van der Waals surface area contributed by atoms with E-state index < -0.39 is 0 Å². The Kier molecular flexibility index (Phi) is 17.1. The Hall–Kier alpha value is -17.4. The third kappa shape index (κ3) is 12.4. The number of nitrogens with zero attached hydrogens (tertiary/aromatic N) is 7. The first-order valence-corrected chi connectivity index (χ1v) is 44.2. The van der Waals surface area contributed by atoms with Crippen LogP contribution in [0.3, 0.4) is 0 Å². The van der Waals surface area contributed by atoms with E-state index >= 15 is 0 Å². The van der Waals surface area contributed by atoms with Gasteiger partial charge in [0.1, 0.15) is 50.3 Å². The van der Waals surface area contributed by atoms with Gasteiger partial charge in [0.2, 0.25) is 0 Å². The third-order valence-electron chi connectivity index (χ3n) is 26.4. The Morgan fingerprint density at radius 3 is 1.21 bits per heavy atom. The van der Waals surface area contributed by atoms with Crippen molar-refractivity contribution < 1.29 is 17.7 Å². The second-order valence-corrected chi connectivity index (χ2v) is 34.4. The van der Waals surface area contributed by atoms with Crippen LogP contribution in [0.1, 0.15) is 25.0 Å². The summed E-state index contributed by atoms with van der Waals surface area (Å²) in [6, 6.07) is 141. The van der Waals surface area contributed by atoms with E-state index in [9.17, 15) is 0 Å². The molecule has 612 valence electrons. The molecule has 20 aromatic carbocycles. The van der Waals surface area contributed by atoms with Gasteiger partial charge in [-0.3, -0.25) is 0 Å². The largest absolute Gasteiger partial charge is 0.456 e. The van der Waals surface area contributed by atoms with Crippen LogP contribution in [0.25, 0.3) is 265 Å². The molecule has 0 fully saturated rings. The number of aromatic nitrogens is 7. The average molecular weight is 1680 g/mol. The summed E-state index contributed by atoms with van der Waals surface area (Å²) >= 11 is 0. The van der Waals surface area contributed by atoms with E-state index in [4.69, 9.17) is 52.6 Å². The summed E-state index contributed by atoms with van der Waals surface area (Å²) in [5.74, 6) is 3.23. The third-order valence-corrected chi connectivity index (χ3v) is 26.4. The Morgan fingerprint density at radius 1 is 0.191 bits per heavy atom. The first kappa shape index (κ1) is 75.0. The van der Waals surface area contributed by atoms with Crippen molar-refractivity contribution in [2.45, 2.75) is 19.3 Å². The van der Waals surface area contributed by atoms with Crippen LogP contribution in [0, 0.1) is 0 Å². The lowest BCUT2D eigenvalue weighted by Crippen LogP contribution is -2.15.